The molecule has 1 rings (SSSR count). The lowest BCUT2D eigenvalue weighted by atomic mass is 9.96. The minimum Gasteiger partial charge on any atom is -0.493 e. The van der Waals surface area contributed by atoms with Crippen molar-refractivity contribution in [3.63, 3.8) is 0 Å². The number of carboxylic acid groups (broad SMARTS) is 2. The van der Waals surface area contributed by atoms with Crippen LogP contribution in [0.2, 0.25) is 0 Å². The summed E-state index contributed by atoms with van der Waals surface area (Å²) in [5, 5.41) is 17.5. The molecule has 0 fully saturated rings. The zero-order valence-electron chi connectivity index (χ0n) is 15.3. The Morgan fingerprint density at radius 2 is 1.48 bits per heavy atom. The van der Waals surface area contributed by atoms with E-state index >= 15 is 0 Å². The van der Waals surface area contributed by atoms with Gasteiger partial charge in [0.25, 0.3) is 0 Å². The number of rotatable bonds is 13. The van der Waals surface area contributed by atoms with E-state index in [1.54, 1.807) is 0 Å². The number of hydrogen-bond acceptors (Lipinski definition) is 3. The normalized spacial score (nSPS) is 10.8. The van der Waals surface area contributed by atoms with Crippen LogP contribution in [0.5, 0.6) is 5.75 Å². The number of hydrogen-bond donors (Lipinski definition) is 2. The minimum absolute atomic E-state index is 0.192. The zero-order chi connectivity index (χ0) is 18.7. The van der Waals surface area contributed by atoms with Gasteiger partial charge in [-0.2, -0.15) is 0 Å². The van der Waals surface area contributed by atoms with Crippen LogP contribution in [0.25, 0.3) is 0 Å². The Morgan fingerprint density at radius 3 is 2.00 bits per heavy atom. The second kappa shape index (κ2) is 11.5. The van der Waals surface area contributed by atoms with E-state index in [-0.39, 0.29) is 12.8 Å². The molecule has 0 atom stereocenters. The summed E-state index contributed by atoms with van der Waals surface area (Å²) in [4.78, 5) is 21.3. The average molecular weight is 350 g/mol. The zero-order valence-corrected chi connectivity index (χ0v) is 15.3. The van der Waals surface area contributed by atoms with Crippen LogP contribution in [0.15, 0.2) is 18.2 Å². The van der Waals surface area contributed by atoms with Crippen molar-refractivity contribution >= 4 is 11.9 Å². The van der Waals surface area contributed by atoms with Crippen LogP contribution in [0.4, 0.5) is 0 Å². The highest BCUT2D eigenvalue weighted by atomic mass is 16.5. The molecule has 25 heavy (non-hydrogen) atoms. The molecule has 0 radical (unpaired) electrons. The molecule has 0 saturated heterocycles. The van der Waals surface area contributed by atoms with E-state index in [2.05, 4.69) is 26.0 Å². The topological polar surface area (TPSA) is 83.8 Å². The lowest BCUT2D eigenvalue weighted by molar-refractivity contribution is -0.138. The molecule has 0 aromatic heterocycles. The van der Waals surface area contributed by atoms with Crippen LogP contribution in [-0.2, 0) is 22.4 Å². The van der Waals surface area contributed by atoms with E-state index in [9.17, 15) is 9.59 Å². The predicted molar refractivity (Wildman–Crippen MR) is 97.2 cm³/mol. The lowest BCUT2D eigenvalue weighted by Gasteiger charge is -2.14. The van der Waals surface area contributed by atoms with E-state index in [1.165, 1.54) is 11.1 Å². The van der Waals surface area contributed by atoms with E-state index in [0.717, 1.165) is 31.4 Å². The molecule has 1 aromatic carbocycles. The summed E-state index contributed by atoms with van der Waals surface area (Å²) in [5.41, 5.74) is 2.39. The summed E-state index contributed by atoms with van der Waals surface area (Å²) in [6, 6.07) is 6.08. The van der Waals surface area contributed by atoms with Gasteiger partial charge < -0.3 is 14.9 Å². The SMILES string of the molecule is CC(C)COc1ccc(CCCCC(=O)O)c(CCCCC(=O)O)c1. The summed E-state index contributed by atoms with van der Waals surface area (Å²) < 4.78 is 5.79. The van der Waals surface area contributed by atoms with Crippen LogP contribution in [0, 0.1) is 5.92 Å². The number of aliphatic carboxylic acids is 2. The van der Waals surface area contributed by atoms with Crippen LogP contribution in [0.1, 0.15) is 63.5 Å². The van der Waals surface area contributed by atoms with Gasteiger partial charge in [0, 0.05) is 12.8 Å². The maximum atomic E-state index is 10.6. The Morgan fingerprint density at radius 1 is 0.920 bits per heavy atom. The molecule has 0 aliphatic carbocycles. The van der Waals surface area contributed by atoms with Gasteiger partial charge in [0.05, 0.1) is 6.61 Å². The quantitative estimate of drug-likeness (QED) is 0.518. The van der Waals surface area contributed by atoms with Crippen molar-refractivity contribution in [2.75, 3.05) is 6.61 Å². The van der Waals surface area contributed by atoms with Gasteiger partial charge in [-0.1, -0.05) is 19.9 Å². The number of ether oxygens (including phenoxy) is 1. The Labute approximate surface area is 150 Å². The second-order valence-corrected chi connectivity index (χ2v) is 6.84. The lowest BCUT2D eigenvalue weighted by Crippen LogP contribution is -2.05. The Kier molecular flexibility index (Phi) is 9.66. The molecule has 0 aliphatic rings. The molecule has 0 bridgehead atoms. The maximum Gasteiger partial charge on any atom is 0.303 e. The fraction of sp³-hybridized carbons (Fsp3) is 0.600. The van der Waals surface area contributed by atoms with Crippen LogP contribution < -0.4 is 4.74 Å². The maximum absolute atomic E-state index is 10.6. The molecule has 5 heteroatoms. The molecule has 1 aromatic rings. The fourth-order valence-electron chi connectivity index (χ4n) is 2.61. The first-order valence-electron chi connectivity index (χ1n) is 9.06. The molecule has 5 nitrogen and oxygen atoms in total. The third kappa shape index (κ3) is 9.75. The molecular formula is C20H30O5. The number of benzene rings is 1. The monoisotopic (exact) mass is 350 g/mol. The number of carbonyl (C=O) groups is 2. The Hall–Kier alpha value is -2.04. The van der Waals surface area contributed by atoms with Crippen molar-refractivity contribution in [2.45, 2.75) is 65.2 Å². The smallest absolute Gasteiger partial charge is 0.303 e. The van der Waals surface area contributed by atoms with Gasteiger partial charge in [-0.15, -0.1) is 0 Å². The highest BCUT2D eigenvalue weighted by Gasteiger charge is 2.08. The van der Waals surface area contributed by atoms with Crippen molar-refractivity contribution in [3.8, 4) is 5.75 Å². The van der Waals surface area contributed by atoms with Crippen molar-refractivity contribution in [1.82, 2.24) is 0 Å². The van der Waals surface area contributed by atoms with Gasteiger partial charge in [-0.25, -0.2) is 0 Å². The van der Waals surface area contributed by atoms with Crippen LogP contribution in [0.3, 0.4) is 0 Å². The van der Waals surface area contributed by atoms with E-state index in [4.69, 9.17) is 14.9 Å². The van der Waals surface area contributed by atoms with E-state index in [1.807, 2.05) is 6.07 Å². The number of carboxylic acids is 2. The summed E-state index contributed by atoms with van der Waals surface area (Å²) in [7, 11) is 0. The first-order valence-corrected chi connectivity index (χ1v) is 9.06. The van der Waals surface area contributed by atoms with E-state index in [0.29, 0.717) is 25.4 Å². The van der Waals surface area contributed by atoms with Crippen molar-refractivity contribution in [3.05, 3.63) is 29.3 Å². The Balaban J connectivity index is 2.67. The molecular weight excluding hydrogens is 320 g/mol. The predicted octanol–water partition coefficient (Wildman–Crippen LogP) is 4.32. The molecule has 0 saturated carbocycles. The van der Waals surface area contributed by atoms with Gasteiger partial charge in [-0.05, 0) is 67.7 Å². The van der Waals surface area contributed by atoms with Crippen LogP contribution in [-0.4, -0.2) is 28.8 Å². The highest BCUT2D eigenvalue weighted by Crippen LogP contribution is 2.22. The number of unbranched alkanes of at least 4 members (excludes halogenated alkanes) is 2. The van der Waals surface area contributed by atoms with Gasteiger partial charge in [0.15, 0.2) is 0 Å². The molecule has 0 amide bonds. The average Bonchev–Trinajstić information content (AvgIpc) is 2.54. The van der Waals surface area contributed by atoms with Gasteiger partial charge in [0.1, 0.15) is 5.75 Å². The second-order valence-electron chi connectivity index (χ2n) is 6.84. The van der Waals surface area contributed by atoms with Crippen molar-refractivity contribution in [1.29, 1.82) is 0 Å². The number of aryl methyl sites for hydroxylation is 2. The standard InChI is InChI=1S/C20H30O5/c1-15(2)14-25-18-12-11-16(7-3-5-9-19(21)22)17(13-18)8-4-6-10-20(23)24/h11-13,15H,3-10,14H2,1-2H3,(H,21,22)(H,23,24). The summed E-state index contributed by atoms with van der Waals surface area (Å²) in [6.07, 6.45) is 5.03. The molecule has 0 aliphatic heterocycles. The molecule has 0 spiro atoms. The summed E-state index contributed by atoms with van der Waals surface area (Å²) >= 11 is 0. The first kappa shape index (κ1) is 21.0. The molecule has 140 valence electrons. The van der Waals surface area contributed by atoms with Gasteiger partial charge >= 0.3 is 11.9 Å². The van der Waals surface area contributed by atoms with Gasteiger partial charge in [-0.3, -0.25) is 9.59 Å². The molecule has 0 unspecified atom stereocenters. The van der Waals surface area contributed by atoms with Crippen LogP contribution >= 0.6 is 0 Å². The molecule has 2 N–H and O–H groups in total. The largest absolute Gasteiger partial charge is 0.493 e. The first-order chi connectivity index (χ1) is 11.9. The summed E-state index contributed by atoms with van der Waals surface area (Å²) in [6.45, 7) is 4.86. The van der Waals surface area contributed by atoms with Gasteiger partial charge in [0.2, 0.25) is 0 Å². The van der Waals surface area contributed by atoms with E-state index < -0.39 is 11.9 Å². The van der Waals surface area contributed by atoms with Crippen molar-refractivity contribution in [2.24, 2.45) is 5.92 Å². The summed E-state index contributed by atoms with van der Waals surface area (Å²) in [5.74, 6) is -0.222. The highest BCUT2D eigenvalue weighted by molar-refractivity contribution is 5.66. The van der Waals surface area contributed by atoms with Crippen molar-refractivity contribution < 1.29 is 24.5 Å². The third-order valence-corrected chi connectivity index (χ3v) is 3.93. The molecule has 0 heterocycles. The minimum atomic E-state index is -0.761. The fourth-order valence-corrected chi connectivity index (χ4v) is 2.61. The third-order valence-electron chi connectivity index (χ3n) is 3.93. The Bertz CT molecular complexity index is 551.